The van der Waals surface area contributed by atoms with Crippen molar-refractivity contribution >= 4 is 17.5 Å². The minimum absolute atomic E-state index is 0.0359. The average molecular weight is 597 g/mol. The lowest BCUT2D eigenvalue weighted by molar-refractivity contribution is -0.136. The molecule has 10 heteroatoms. The van der Waals surface area contributed by atoms with Gasteiger partial charge < -0.3 is 20.3 Å². The van der Waals surface area contributed by atoms with Gasteiger partial charge in [-0.2, -0.15) is 5.10 Å². The summed E-state index contributed by atoms with van der Waals surface area (Å²) in [7, 11) is 1.95. The van der Waals surface area contributed by atoms with Crippen LogP contribution in [0.5, 0.6) is 5.75 Å². The maximum atomic E-state index is 14.5. The number of hydrogen-bond donors (Lipinski definition) is 1. The number of aryl methyl sites for hydroxylation is 1. The van der Waals surface area contributed by atoms with Gasteiger partial charge >= 0.3 is 0 Å². The number of ether oxygens (including phenoxy) is 1. The molecule has 42 heavy (non-hydrogen) atoms. The number of likely N-dealkylation sites (tertiary alicyclic amines) is 1. The van der Waals surface area contributed by atoms with E-state index in [1.807, 2.05) is 47.9 Å². The summed E-state index contributed by atoms with van der Waals surface area (Å²) in [5.74, 6) is 0.545. The Kier molecular flexibility index (Phi) is 10.2. The minimum Gasteiger partial charge on any atom is -0.493 e. The maximum Gasteiger partial charge on any atom is 0.239 e. The first-order valence-corrected chi connectivity index (χ1v) is 15.4. The van der Waals surface area contributed by atoms with Crippen LogP contribution in [0.2, 0.25) is 5.02 Å². The van der Waals surface area contributed by atoms with Gasteiger partial charge in [0.1, 0.15) is 11.6 Å². The van der Waals surface area contributed by atoms with Crippen molar-refractivity contribution < 1.29 is 13.9 Å². The zero-order chi connectivity index (χ0) is 29.6. The number of halogens is 2. The fourth-order valence-electron chi connectivity index (χ4n) is 6.22. The van der Waals surface area contributed by atoms with Crippen molar-refractivity contribution in [3.8, 4) is 17.0 Å². The molecular formula is C32H42ClFN6O2. The van der Waals surface area contributed by atoms with Gasteiger partial charge in [-0.1, -0.05) is 23.7 Å². The van der Waals surface area contributed by atoms with Gasteiger partial charge in [0.25, 0.3) is 0 Å². The molecule has 1 atom stereocenters. The molecule has 3 heterocycles. The first-order valence-electron chi connectivity index (χ1n) is 15.0. The van der Waals surface area contributed by atoms with Gasteiger partial charge in [0.2, 0.25) is 5.91 Å². The molecule has 8 nitrogen and oxygen atoms in total. The van der Waals surface area contributed by atoms with E-state index in [4.69, 9.17) is 22.1 Å². The molecule has 0 bridgehead atoms. The van der Waals surface area contributed by atoms with Crippen LogP contribution in [0.3, 0.4) is 0 Å². The summed E-state index contributed by atoms with van der Waals surface area (Å²) in [6.45, 7) is 8.19. The molecule has 2 aliphatic rings. The van der Waals surface area contributed by atoms with E-state index in [0.717, 1.165) is 55.2 Å². The molecule has 2 aliphatic heterocycles. The fraction of sp³-hybridized carbons (Fsp3) is 0.500. The number of hydrogen-bond acceptors (Lipinski definition) is 6. The number of piperidine rings is 1. The summed E-state index contributed by atoms with van der Waals surface area (Å²) in [5, 5.41) is 5.06. The van der Waals surface area contributed by atoms with Crippen LogP contribution < -0.4 is 10.5 Å². The molecule has 0 unspecified atom stereocenters. The van der Waals surface area contributed by atoms with Gasteiger partial charge in [-0.05, 0) is 81.1 Å². The number of carbonyl (C=O) groups is 1. The molecule has 0 saturated carbocycles. The molecule has 226 valence electrons. The number of amides is 1. The number of benzene rings is 2. The Morgan fingerprint density at radius 3 is 2.55 bits per heavy atom. The second-order valence-electron chi connectivity index (χ2n) is 11.3. The lowest BCUT2D eigenvalue weighted by atomic mass is 9.88. The highest BCUT2D eigenvalue weighted by Gasteiger charge is 2.33. The Hall–Kier alpha value is -2.98. The largest absolute Gasteiger partial charge is 0.493 e. The molecule has 1 aromatic heterocycles. The van der Waals surface area contributed by atoms with Crippen molar-refractivity contribution in [1.82, 2.24) is 24.5 Å². The van der Waals surface area contributed by atoms with Crippen LogP contribution in [0.25, 0.3) is 11.3 Å². The Balaban J connectivity index is 1.08. The summed E-state index contributed by atoms with van der Waals surface area (Å²) in [6.07, 6.45) is 4.52. The topological polar surface area (TPSA) is 79.9 Å². The van der Waals surface area contributed by atoms with Gasteiger partial charge in [-0.25, -0.2) is 4.39 Å². The van der Waals surface area contributed by atoms with Crippen molar-refractivity contribution in [3.05, 3.63) is 70.6 Å². The van der Waals surface area contributed by atoms with Crippen molar-refractivity contribution in [2.24, 2.45) is 18.7 Å². The Morgan fingerprint density at radius 2 is 1.86 bits per heavy atom. The molecule has 5 rings (SSSR count). The molecule has 2 aromatic carbocycles. The normalized spacial score (nSPS) is 17.9. The van der Waals surface area contributed by atoms with Crippen LogP contribution in [-0.2, 0) is 24.8 Å². The third kappa shape index (κ3) is 7.14. The predicted octanol–water partition coefficient (Wildman–Crippen LogP) is 4.20. The number of carbonyl (C=O) groups excluding carboxylic acids is 1. The lowest BCUT2D eigenvalue weighted by Crippen LogP contribution is -2.55. The first-order chi connectivity index (χ1) is 20.3. The maximum absolute atomic E-state index is 14.5. The first kappa shape index (κ1) is 30.5. The van der Waals surface area contributed by atoms with Crippen LogP contribution >= 0.6 is 11.6 Å². The second-order valence-corrected chi connectivity index (χ2v) is 11.8. The van der Waals surface area contributed by atoms with E-state index in [0.29, 0.717) is 50.6 Å². The highest BCUT2D eigenvalue weighted by Crippen LogP contribution is 2.28. The van der Waals surface area contributed by atoms with Crippen molar-refractivity contribution in [2.45, 2.75) is 38.8 Å². The van der Waals surface area contributed by atoms with Crippen LogP contribution in [0.15, 0.2) is 48.7 Å². The van der Waals surface area contributed by atoms with Gasteiger partial charge in [0, 0.05) is 68.7 Å². The van der Waals surface area contributed by atoms with Crippen LogP contribution in [0.1, 0.15) is 30.9 Å². The third-order valence-corrected chi connectivity index (χ3v) is 8.96. The van der Waals surface area contributed by atoms with E-state index in [1.54, 1.807) is 6.07 Å². The van der Waals surface area contributed by atoms with Gasteiger partial charge in [0.05, 0.1) is 18.3 Å². The van der Waals surface area contributed by atoms with Crippen molar-refractivity contribution in [3.63, 3.8) is 0 Å². The summed E-state index contributed by atoms with van der Waals surface area (Å²) in [6, 6.07) is 12.5. The van der Waals surface area contributed by atoms with Crippen LogP contribution in [-0.4, -0.2) is 88.8 Å². The number of nitrogens with two attached hydrogens (primary N) is 1. The Labute approximate surface area is 253 Å². The molecule has 0 aliphatic carbocycles. The minimum atomic E-state index is -0.487. The highest BCUT2D eigenvalue weighted by molar-refractivity contribution is 6.30. The fourth-order valence-corrected chi connectivity index (χ4v) is 6.41. The second kappa shape index (κ2) is 14.0. The van der Waals surface area contributed by atoms with Crippen molar-refractivity contribution in [2.75, 3.05) is 52.4 Å². The molecule has 2 fully saturated rings. The summed E-state index contributed by atoms with van der Waals surface area (Å²) in [5.41, 5.74) is 10.6. The predicted molar refractivity (Wildman–Crippen MR) is 164 cm³/mol. The SMILES string of the molecule is CCOc1cccc(F)c1CN1CCN(C(=O)[C@H](N)C2CCN(CCc3cc(Cl)ccc3-c3ccnn3C)CC2)CC1. The summed E-state index contributed by atoms with van der Waals surface area (Å²) < 4.78 is 22.0. The molecule has 2 N–H and O–H groups in total. The Morgan fingerprint density at radius 1 is 1.10 bits per heavy atom. The van der Waals surface area contributed by atoms with E-state index in [-0.39, 0.29) is 17.6 Å². The zero-order valence-corrected chi connectivity index (χ0v) is 25.4. The van der Waals surface area contributed by atoms with E-state index in [2.05, 4.69) is 27.0 Å². The monoisotopic (exact) mass is 596 g/mol. The summed E-state index contributed by atoms with van der Waals surface area (Å²) >= 11 is 6.35. The van der Waals surface area contributed by atoms with Crippen LogP contribution in [0, 0.1) is 11.7 Å². The number of nitrogens with zero attached hydrogens (tertiary/aromatic N) is 5. The molecule has 2 saturated heterocycles. The highest BCUT2D eigenvalue weighted by atomic mass is 35.5. The molecule has 3 aromatic rings. The number of piperazine rings is 1. The average Bonchev–Trinajstić information content (AvgIpc) is 3.43. The lowest BCUT2D eigenvalue weighted by Gasteiger charge is -2.39. The quantitative estimate of drug-likeness (QED) is 0.378. The van der Waals surface area contributed by atoms with E-state index in [1.165, 1.54) is 11.6 Å². The van der Waals surface area contributed by atoms with Gasteiger partial charge in [0.15, 0.2) is 0 Å². The van der Waals surface area contributed by atoms with Gasteiger partial charge in [-0.3, -0.25) is 14.4 Å². The van der Waals surface area contributed by atoms with Crippen molar-refractivity contribution in [1.29, 1.82) is 0 Å². The summed E-state index contributed by atoms with van der Waals surface area (Å²) in [4.78, 5) is 19.8. The molecule has 0 radical (unpaired) electrons. The standard InChI is InChI=1S/C32H42ClFN6O2/c1-3-42-30-6-4-5-28(34)27(30)22-39-17-19-40(20-18-39)32(41)31(35)23-10-14-38(15-11-23)16-12-24-21-25(33)7-8-26(24)29-9-13-36-37(29)2/h4-9,13,21,23,31H,3,10-12,14-20,22,35H2,1-2H3/t31-/m1/s1. The molecule has 1 amide bonds. The van der Waals surface area contributed by atoms with E-state index in [9.17, 15) is 9.18 Å². The molecular weight excluding hydrogens is 555 g/mol. The smallest absolute Gasteiger partial charge is 0.239 e. The zero-order valence-electron chi connectivity index (χ0n) is 24.6. The van der Waals surface area contributed by atoms with E-state index >= 15 is 0 Å². The van der Waals surface area contributed by atoms with Crippen LogP contribution in [0.4, 0.5) is 4.39 Å². The van der Waals surface area contributed by atoms with E-state index < -0.39 is 6.04 Å². The number of aromatic nitrogens is 2. The third-order valence-electron chi connectivity index (χ3n) is 8.73. The molecule has 0 spiro atoms. The number of rotatable bonds is 10. The Bertz CT molecular complexity index is 1350. The van der Waals surface area contributed by atoms with Gasteiger partial charge in [-0.15, -0.1) is 0 Å².